The van der Waals surface area contributed by atoms with Gasteiger partial charge in [0.15, 0.2) is 5.65 Å². The number of benzene rings is 1. The molecule has 0 atom stereocenters. The number of nitrogens with zero attached hydrogens (tertiary/aromatic N) is 5. The third-order valence-electron chi connectivity index (χ3n) is 2.59. The fraction of sp³-hybridized carbons (Fsp3) is 0.0909. The van der Waals surface area contributed by atoms with Gasteiger partial charge in [0.25, 0.3) is 10.0 Å². The molecule has 0 spiro atoms. The third kappa shape index (κ3) is 2.18. The Morgan fingerprint density at radius 2 is 1.95 bits per heavy atom. The second-order valence-corrected chi connectivity index (χ2v) is 5.77. The first-order valence-corrected chi connectivity index (χ1v) is 7.18. The van der Waals surface area contributed by atoms with Crippen molar-refractivity contribution in [1.82, 2.24) is 25.0 Å². The van der Waals surface area contributed by atoms with Gasteiger partial charge < -0.3 is 0 Å². The summed E-state index contributed by atoms with van der Waals surface area (Å²) in [6, 6.07) is 9.67. The highest BCUT2D eigenvalue weighted by Gasteiger charge is 2.17. The molecule has 2 aromatic heterocycles. The first kappa shape index (κ1) is 12.5. The average molecular weight is 290 g/mol. The van der Waals surface area contributed by atoms with Crippen LogP contribution in [0.5, 0.6) is 0 Å². The molecule has 2 heterocycles. The molecular formula is C11H10N6O2S. The number of hydrogen-bond donors (Lipinski definition) is 1. The SMILES string of the molecule is Cc1cc2nnnn2c(NS(=O)(=O)c2ccccc2)n1. The van der Waals surface area contributed by atoms with Crippen LogP contribution < -0.4 is 4.72 Å². The van der Waals surface area contributed by atoms with Crippen molar-refractivity contribution in [2.24, 2.45) is 0 Å². The van der Waals surface area contributed by atoms with Gasteiger partial charge in [0.05, 0.1) is 4.90 Å². The predicted molar refractivity (Wildman–Crippen MR) is 70.6 cm³/mol. The molecule has 0 radical (unpaired) electrons. The summed E-state index contributed by atoms with van der Waals surface area (Å²) in [5.74, 6) is 0.0499. The van der Waals surface area contributed by atoms with Crippen molar-refractivity contribution in [2.75, 3.05) is 4.72 Å². The fourth-order valence-corrected chi connectivity index (χ4v) is 2.72. The van der Waals surface area contributed by atoms with E-state index < -0.39 is 10.0 Å². The topological polar surface area (TPSA) is 102 Å². The zero-order chi connectivity index (χ0) is 14.2. The van der Waals surface area contributed by atoms with Crippen LogP contribution >= 0.6 is 0 Å². The van der Waals surface area contributed by atoms with E-state index in [1.807, 2.05) is 0 Å². The van der Waals surface area contributed by atoms with E-state index in [1.54, 1.807) is 31.2 Å². The van der Waals surface area contributed by atoms with Crippen LogP contribution in [0, 0.1) is 6.92 Å². The Hall–Kier alpha value is -2.55. The first-order valence-electron chi connectivity index (χ1n) is 5.70. The van der Waals surface area contributed by atoms with E-state index in [-0.39, 0.29) is 10.8 Å². The van der Waals surface area contributed by atoms with Crippen LogP contribution in [-0.2, 0) is 10.0 Å². The molecule has 102 valence electrons. The molecule has 0 saturated heterocycles. The minimum absolute atomic E-state index is 0.0499. The number of nitrogens with one attached hydrogen (secondary N) is 1. The second-order valence-electron chi connectivity index (χ2n) is 4.09. The molecule has 0 aliphatic rings. The molecule has 3 aromatic rings. The van der Waals surface area contributed by atoms with E-state index in [0.717, 1.165) is 0 Å². The maximum atomic E-state index is 12.2. The molecular weight excluding hydrogens is 280 g/mol. The molecule has 0 unspecified atom stereocenters. The van der Waals surface area contributed by atoms with Crippen LogP contribution in [-0.4, -0.2) is 33.4 Å². The third-order valence-corrected chi connectivity index (χ3v) is 3.94. The number of hydrogen-bond acceptors (Lipinski definition) is 6. The number of fused-ring (bicyclic) bond motifs is 1. The van der Waals surface area contributed by atoms with E-state index in [1.165, 1.54) is 16.6 Å². The zero-order valence-corrected chi connectivity index (χ0v) is 11.2. The summed E-state index contributed by atoms with van der Waals surface area (Å²) in [6.45, 7) is 1.73. The molecule has 9 heteroatoms. The van der Waals surface area contributed by atoms with Crippen molar-refractivity contribution < 1.29 is 8.42 Å². The maximum Gasteiger partial charge on any atom is 0.264 e. The molecule has 1 N–H and O–H groups in total. The van der Waals surface area contributed by atoms with Crippen LogP contribution in [0.1, 0.15) is 5.69 Å². The summed E-state index contributed by atoms with van der Waals surface area (Å²) in [7, 11) is -3.73. The Bertz CT molecular complexity index is 859. The Morgan fingerprint density at radius 3 is 2.70 bits per heavy atom. The number of sulfonamides is 1. The van der Waals surface area contributed by atoms with Gasteiger partial charge >= 0.3 is 0 Å². The number of aromatic nitrogens is 5. The van der Waals surface area contributed by atoms with E-state index in [2.05, 4.69) is 25.2 Å². The molecule has 0 aliphatic carbocycles. The van der Waals surface area contributed by atoms with Crippen LogP contribution in [0.25, 0.3) is 5.65 Å². The summed E-state index contributed by atoms with van der Waals surface area (Å²) >= 11 is 0. The summed E-state index contributed by atoms with van der Waals surface area (Å²) in [5.41, 5.74) is 1.03. The van der Waals surface area contributed by atoms with Crippen molar-refractivity contribution >= 4 is 21.6 Å². The smallest absolute Gasteiger partial charge is 0.247 e. The lowest BCUT2D eigenvalue weighted by Gasteiger charge is -2.08. The van der Waals surface area contributed by atoms with Crippen LogP contribution in [0.3, 0.4) is 0 Å². The maximum absolute atomic E-state index is 12.2. The van der Waals surface area contributed by atoms with Crippen molar-refractivity contribution in [3.63, 3.8) is 0 Å². The van der Waals surface area contributed by atoms with Crippen LogP contribution in [0.15, 0.2) is 41.3 Å². The number of rotatable bonds is 3. The van der Waals surface area contributed by atoms with Crippen molar-refractivity contribution in [3.8, 4) is 0 Å². The second kappa shape index (κ2) is 4.53. The van der Waals surface area contributed by atoms with Gasteiger partial charge in [-0.2, -0.15) is 4.52 Å². The van der Waals surface area contributed by atoms with E-state index in [0.29, 0.717) is 11.3 Å². The number of anilines is 1. The highest BCUT2D eigenvalue weighted by Crippen LogP contribution is 2.14. The van der Waals surface area contributed by atoms with Crippen molar-refractivity contribution in [2.45, 2.75) is 11.8 Å². The monoisotopic (exact) mass is 290 g/mol. The van der Waals surface area contributed by atoms with Crippen LogP contribution in [0.4, 0.5) is 5.95 Å². The molecule has 0 amide bonds. The van der Waals surface area contributed by atoms with Gasteiger partial charge in [-0.25, -0.2) is 18.1 Å². The van der Waals surface area contributed by atoms with Gasteiger partial charge in [-0.05, 0) is 29.5 Å². The largest absolute Gasteiger partial charge is 0.264 e. The number of tetrazole rings is 1. The molecule has 0 bridgehead atoms. The highest BCUT2D eigenvalue weighted by molar-refractivity contribution is 7.92. The van der Waals surface area contributed by atoms with Gasteiger partial charge in [-0.1, -0.05) is 18.2 Å². The molecule has 8 nitrogen and oxygen atoms in total. The normalized spacial score (nSPS) is 11.7. The van der Waals surface area contributed by atoms with E-state index >= 15 is 0 Å². The van der Waals surface area contributed by atoms with Crippen molar-refractivity contribution in [3.05, 3.63) is 42.1 Å². The molecule has 20 heavy (non-hydrogen) atoms. The van der Waals surface area contributed by atoms with Gasteiger partial charge in [0.1, 0.15) is 0 Å². The molecule has 0 aliphatic heterocycles. The lowest BCUT2D eigenvalue weighted by molar-refractivity contribution is 0.600. The zero-order valence-electron chi connectivity index (χ0n) is 10.4. The van der Waals surface area contributed by atoms with Crippen molar-refractivity contribution in [1.29, 1.82) is 0 Å². The summed E-state index contributed by atoms with van der Waals surface area (Å²) < 4.78 is 28.1. The molecule has 0 saturated carbocycles. The minimum atomic E-state index is -3.73. The average Bonchev–Trinajstić information content (AvgIpc) is 2.87. The van der Waals surface area contributed by atoms with E-state index in [4.69, 9.17) is 0 Å². The summed E-state index contributed by atoms with van der Waals surface area (Å²) in [6.07, 6.45) is 0. The standard InChI is InChI=1S/C11H10N6O2S/c1-8-7-10-13-15-16-17(10)11(12-8)14-20(18,19)9-5-3-2-4-6-9/h2-7H,1H3,(H,12,14). The van der Waals surface area contributed by atoms with E-state index in [9.17, 15) is 8.42 Å². The number of aryl methyl sites for hydroxylation is 1. The highest BCUT2D eigenvalue weighted by atomic mass is 32.2. The quantitative estimate of drug-likeness (QED) is 0.759. The van der Waals surface area contributed by atoms with Gasteiger partial charge in [0, 0.05) is 11.8 Å². The Labute approximate surface area is 114 Å². The van der Waals surface area contributed by atoms with Gasteiger partial charge in [0.2, 0.25) is 5.95 Å². The Kier molecular flexibility index (Phi) is 2.83. The summed E-state index contributed by atoms with van der Waals surface area (Å²) in [4.78, 5) is 4.26. The first-order chi connectivity index (χ1) is 9.56. The molecule has 1 aromatic carbocycles. The predicted octanol–water partition coefficient (Wildman–Crippen LogP) is 0.629. The van der Waals surface area contributed by atoms with Crippen LogP contribution in [0.2, 0.25) is 0 Å². The molecule has 3 rings (SSSR count). The van der Waals surface area contributed by atoms with Gasteiger partial charge in [-0.15, -0.1) is 5.10 Å². The fourth-order valence-electron chi connectivity index (χ4n) is 1.71. The summed E-state index contributed by atoms with van der Waals surface area (Å²) in [5, 5.41) is 11.0. The molecule has 0 fully saturated rings. The lowest BCUT2D eigenvalue weighted by Crippen LogP contribution is -2.17. The Morgan fingerprint density at radius 1 is 1.20 bits per heavy atom. The Balaban J connectivity index is 2.07. The lowest BCUT2D eigenvalue weighted by atomic mass is 10.4. The minimum Gasteiger partial charge on any atom is -0.247 e. The van der Waals surface area contributed by atoms with Gasteiger partial charge in [-0.3, -0.25) is 0 Å².